The molecule has 2 aliphatic rings. The van der Waals surface area contributed by atoms with Crippen molar-refractivity contribution < 1.29 is 38.9 Å². The number of aliphatic hydroxyl groups is 2. The van der Waals surface area contributed by atoms with Crippen molar-refractivity contribution in [3.05, 3.63) is 35.4 Å². The molecule has 11 nitrogen and oxygen atoms in total. The first kappa shape index (κ1) is 29.5. The Balaban J connectivity index is 1.76. The fourth-order valence-electron chi connectivity index (χ4n) is 4.42. The lowest BCUT2D eigenvalue weighted by Crippen LogP contribution is -2.60. The van der Waals surface area contributed by atoms with Crippen LogP contribution in [0.25, 0.3) is 0 Å². The summed E-state index contributed by atoms with van der Waals surface area (Å²) in [5.74, 6) is -1.81. The highest BCUT2D eigenvalue weighted by molar-refractivity contribution is 5.98. The number of hydrogen-bond donors (Lipinski definition) is 4. The van der Waals surface area contributed by atoms with E-state index in [2.05, 4.69) is 10.6 Å². The summed E-state index contributed by atoms with van der Waals surface area (Å²) < 4.78 is 10.7. The number of benzene rings is 1. The molecule has 0 saturated carbocycles. The van der Waals surface area contributed by atoms with Gasteiger partial charge in [-0.05, 0) is 44.2 Å². The lowest BCUT2D eigenvalue weighted by molar-refractivity contribution is -0.136. The minimum Gasteiger partial charge on any atom is -0.444 e. The van der Waals surface area contributed by atoms with Crippen LogP contribution in [0.2, 0.25) is 0 Å². The summed E-state index contributed by atoms with van der Waals surface area (Å²) in [5, 5.41) is 24.7. The molecule has 0 bridgehead atoms. The number of nitrogens with zero attached hydrogens (tertiary/aromatic N) is 1. The topological polar surface area (TPSA) is 158 Å². The summed E-state index contributed by atoms with van der Waals surface area (Å²) >= 11 is 0. The van der Waals surface area contributed by atoms with Crippen LogP contribution in [-0.2, 0) is 36.8 Å². The highest BCUT2D eigenvalue weighted by atomic mass is 16.6. The molecule has 1 fully saturated rings. The minimum absolute atomic E-state index is 0.0330. The number of amides is 3. The number of aliphatic hydroxyl groups excluding tert-OH is 2. The van der Waals surface area contributed by atoms with Gasteiger partial charge in [-0.2, -0.15) is 0 Å². The van der Waals surface area contributed by atoms with Gasteiger partial charge in [-0.25, -0.2) is 4.79 Å². The molecule has 0 unspecified atom stereocenters. The zero-order chi connectivity index (χ0) is 28.3. The number of carbonyl (C=O) groups excluding carboxylic acids is 4. The van der Waals surface area contributed by atoms with Gasteiger partial charge in [-0.15, -0.1) is 0 Å². The first-order valence-electron chi connectivity index (χ1n) is 12.9. The first-order chi connectivity index (χ1) is 17.8. The second kappa shape index (κ2) is 11.8. The van der Waals surface area contributed by atoms with E-state index in [-0.39, 0.29) is 31.9 Å². The molecule has 0 aliphatic carbocycles. The molecule has 1 aromatic carbocycles. The monoisotopic (exact) mass is 533 g/mol. The van der Waals surface area contributed by atoms with Crippen molar-refractivity contribution in [2.75, 3.05) is 19.8 Å². The molecule has 1 saturated heterocycles. The summed E-state index contributed by atoms with van der Waals surface area (Å²) in [6.07, 6.45) is -0.183. The van der Waals surface area contributed by atoms with Gasteiger partial charge in [0.25, 0.3) is 0 Å². The zero-order valence-corrected chi connectivity index (χ0v) is 22.7. The normalized spacial score (nSPS) is 22.2. The molecule has 4 N–H and O–H groups in total. The van der Waals surface area contributed by atoms with Crippen LogP contribution in [0.15, 0.2) is 24.3 Å². The van der Waals surface area contributed by atoms with E-state index in [1.54, 1.807) is 20.8 Å². The number of fused-ring (bicyclic) bond motifs is 1. The lowest BCUT2D eigenvalue weighted by atomic mass is 9.92. The van der Waals surface area contributed by atoms with Crippen LogP contribution in [0.5, 0.6) is 0 Å². The van der Waals surface area contributed by atoms with Crippen molar-refractivity contribution in [3.8, 4) is 0 Å². The predicted octanol–water partition coefficient (Wildman–Crippen LogP) is 0.687. The molecule has 3 rings (SSSR count). The van der Waals surface area contributed by atoms with Crippen molar-refractivity contribution in [1.82, 2.24) is 15.5 Å². The third kappa shape index (κ3) is 7.09. The number of ether oxygens (including phenoxy) is 2. The Morgan fingerprint density at radius 3 is 2.26 bits per heavy atom. The first-order valence-corrected chi connectivity index (χ1v) is 12.9. The molecule has 210 valence electrons. The lowest BCUT2D eigenvalue weighted by Gasteiger charge is -2.37. The van der Waals surface area contributed by atoms with Crippen LogP contribution < -0.4 is 10.6 Å². The number of carbonyl (C=O) groups is 4. The Hall–Kier alpha value is -3.02. The average Bonchev–Trinajstić information content (AvgIpc) is 3.65. The van der Waals surface area contributed by atoms with Crippen molar-refractivity contribution in [2.24, 2.45) is 5.92 Å². The fourth-order valence-corrected chi connectivity index (χ4v) is 4.42. The number of epoxide rings is 1. The maximum absolute atomic E-state index is 13.4. The summed E-state index contributed by atoms with van der Waals surface area (Å²) in [6.45, 7) is 7.93. The molecule has 0 radical (unpaired) electrons. The number of nitrogens with one attached hydrogen (secondary N) is 2. The van der Waals surface area contributed by atoms with Gasteiger partial charge in [0.2, 0.25) is 11.8 Å². The van der Waals surface area contributed by atoms with E-state index < -0.39 is 66.2 Å². The molecule has 11 heteroatoms. The Bertz CT molecular complexity index is 1050. The summed E-state index contributed by atoms with van der Waals surface area (Å²) in [4.78, 5) is 53.8. The van der Waals surface area contributed by atoms with Crippen molar-refractivity contribution >= 4 is 23.7 Å². The molecule has 2 aliphatic heterocycles. The van der Waals surface area contributed by atoms with Crippen LogP contribution in [0.3, 0.4) is 0 Å². The van der Waals surface area contributed by atoms with Crippen LogP contribution >= 0.6 is 0 Å². The van der Waals surface area contributed by atoms with Gasteiger partial charge in [0, 0.05) is 6.42 Å². The Kier molecular flexibility index (Phi) is 9.17. The van der Waals surface area contributed by atoms with Crippen LogP contribution in [0.4, 0.5) is 4.79 Å². The Labute approximate surface area is 222 Å². The maximum atomic E-state index is 13.4. The van der Waals surface area contributed by atoms with E-state index in [4.69, 9.17) is 9.47 Å². The van der Waals surface area contributed by atoms with Gasteiger partial charge < -0.3 is 30.3 Å². The van der Waals surface area contributed by atoms with Gasteiger partial charge in [0.15, 0.2) is 11.4 Å². The second-order valence-corrected chi connectivity index (χ2v) is 11.3. The molecule has 3 amide bonds. The van der Waals surface area contributed by atoms with E-state index in [1.807, 2.05) is 38.1 Å². The quantitative estimate of drug-likeness (QED) is 0.320. The molecule has 38 heavy (non-hydrogen) atoms. The van der Waals surface area contributed by atoms with Crippen molar-refractivity contribution in [2.45, 2.75) is 83.3 Å². The molecular formula is C27H39N3O8. The highest BCUT2D eigenvalue weighted by Gasteiger charge is 2.54. The molecular weight excluding hydrogens is 494 g/mol. The predicted molar refractivity (Wildman–Crippen MR) is 137 cm³/mol. The standard InChI is InChI=1S/C27H39N3O8/c1-16(2)10-19(22(33)27(14-32)15-37-27)28-23(34)20(13-31)29-24(35)21-11-17-8-6-7-9-18(17)12-30(21)25(36)38-26(3,4)5/h6-9,16,19-21,31-32H,10-15H2,1-5H3,(H,28,34)(H,29,35)/t19-,20-,21-,27+/m0/s1. The number of ketones is 1. The third-order valence-electron chi connectivity index (χ3n) is 6.53. The molecule has 0 aromatic heterocycles. The molecule has 1 aromatic rings. The summed E-state index contributed by atoms with van der Waals surface area (Å²) in [5.41, 5.74) is -0.334. The fraction of sp³-hybridized carbons (Fsp3) is 0.630. The number of Topliss-reactive ketones (excluding diaryl/α,β-unsaturated/α-hetero) is 1. The largest absolute Gasteiger partial charge is 0.444 e. The highest BCUT2D eigenvalue weighted by Crippen LogP contribution is 2.30. The smallest absolute Gasteiger partial charge is 0.411 e. The van der Waals surface area contributed by atoms with Gasteiger partial charge in [-0.3, -0.25) is 19.3 Å². The summed E-state index contributed by atoms with van der Waals surface area (Å²) in [6, 6.07) is 4.12. The van der Waals surface area contributed by atoms with E-state index in [9.17, 15) is 29.4 Å². The van der Waals surface area contributed by atoms with Gasteiger partial charge in [-0.1, -0.05) is 38.1 Å². The van der Waals surface area contributed by atoms with Gasteiger partial charge >= 0.3 is 6.09 Å². The maximum Gasteiger partial charge on any atom is 0.411 e. The number of hydrogen-bond acceptors (Lipinski definition) is 8. The van der Waals surface area contributed by atoms with Crippen molar-refractivity contribution in [3.63, 3.8) is 0 Å². The molecule has 4 atom stereocenters. The van der Waals surface area contributed by atoms with Crippen LogP contribution in [0.1, 0.15) is 52.2 Å². The van der Waals surface area contributed by atoms with Crippen molar-refractivity contribution in [1.29, 1.82) is 0 Å². The zero-order valence-electron chi connectivity index (χ0n) is 22.7. The van der Waals surface area contributed by atoms with E-state index in [0.717, 1.165) is 11.1 Å². The second-order valence-electron chi connectivity index (χ2n) is 11.3. The molecule has 2 heterocycles. The number of rotatable bonds is 10. The van der Waals surface area contributed by atoms with Gasteiger partial charge in [0.05, 0.1) is 32.4 Å². The van der Waals surface area contributed by atoms with Crippen LogP contribution in [0, 0.1) is 5.92 Å². The third-order valence-corrected chi connectivity index (χ3v) is 6.53. The van der Waals surface area contributed by atoms with Gasteiger partial charge in [0.1, 0.15) is 17.7 Å². The van der Waals surface area contributed by atoms with E-state index in [1.165, 1.54) is 4.90 Å². The Morgan fingerprint density at radius 2 is 1.74 bits per heavy atom. The summed E-state index contributed by atoms with van der Waals surface area (Å²) in [7, 11) is 0. The van der Waals surface area contributed by atoms with E-state index >= 15 is 0 Å². The Morgan fingerprint density at radius 1 is 1.11 bits per heavy atom. The average molecular weight is 534 g/mol. The van der Waals surface area contributed by atoms with E-state index in [0.29, 0.717) is 0 Å². The van der Waals surface area contributed by atoms with Crippen LogP contribution in [-0.4, -0.2) is 88.0 Å². The minimum atomic E-state index is -1.37. The SMILES string of the molecule is CC(C)C[C@H](NC(=O)[C@H](CO)NC(=O)[C@@H]1Cc2ccccc2CN1C(=O)OC(C)(C)C)C(=O)[C@@]1(CO)CO1. The molecule has 0 spiro atoms.